The van der Waals surface area contributed by atoms with Gasteiger partial charge in [0, 0.05) is 0 Å². The topological polar surface area (TPSA) is 40.5 Å². The van der Waals surface area contributed by atoms with Crippen LogP contribution >= 0.6 is 0 Å². The molecule has 16 heavy (non-hydrogen) atoms. The smallest absolute Gasteiger partial charge is 0.0776 e. The molecule has 0 aromatic heterocycles. The third-order valence-corrected chi connectivity index (χ3v) is 2.98. The van der Waals surface area contributed by atoms with Crippen LogP contribution in [0.25, 0.3) is 0 Å². The van der Waals surface area contributed by atoms with E-state index in [1.807, 2.05) is 0 Å². The molecule has 2 nitrogen and oxygen atoms in total. The first-order valence-electron chi connectivity index (χ1n) is 5.94. The second-order valence-electron chi connectivity index (χ2n) is 4.60. The van der Waals surface area contributed by atoms with Crippen molar-refractivity contribution >= 4 is 0 Å². The molecule has 90 valence electrons. The lowest BCUT2D eigenvalue weighted by Gasteiger charge is -2.19. The summed E-state index contributed by atoms with van der Waals surface area (Å²) in [7, 11) is 0. The van der Waals surface area contributed by atoms with Crippen LogP contribution in [0, 0.1) is 13.8 Å². The minimum atomic E-state index is -0.606. The van der Waals surface area contributed by atoms with Crippen molar-refractivity contribution in [3.8, 4) is 0 Å². The first-order chi connectivity index (χ1) is 7.56. The van der Waals surface area contributed by atoms with E-state index in [0.717, 1.165) is 6.42 Å². The Bertz CT molecular complexity index is 313. The van der Waals surface area contributed by atoms with E-state index in [1.165, 1.54) is 16.7 Å². The molecule has 1 rings (SSSR count). The molecule has 0 aliphatic rings. The van der Waals surface area contributed by atoms with E-state index in [0.29, 0.717) is 12.3 Å². The highest BCUT2D eigenvalue weighted by molar-refractivity contribution is 5.31. The lowest BCUT2D eigenvalue weighted by atomic mass is 9.89. The number of aliphatic hydroxyl groups is 2. The number of rotatable bonds is 5. The minimum absolute atomic E-state index is 0.151. The Morgan fingerprint density at radius 2 is 1.69 bits per heavy atom. The van der Waals surface area contributed by atoms with E-state index in [9.17, 15) is 5.11 Å². The molecule has 0 radical (unpaired) electrons. The minimum Gasteiger partial charge on any atom is -0.394 e. The van der Waals surface area contributed by atoms with Gasteiger partial charge < -0.3 is 10.2 Å². The average molecular weight is 222 g/mol. The number of aliphatic hydroxyl groups excluding tert-OH is 2. The zero-order chi connectivity index (χ0) is 12.1. The van der Waals surface area contributed by atoms with Gasteiger partial charge in [0.05, 0.1) is 12.7 Å². The highest BCUT2D eigenvalue weighted by Crippen LogP contribution is 2.26. The fraction of sp³-hybridized carbons (Fsp3) is 0.571. The highest BCUT2D eigenvalue weighted by Gasteiger charge is 2.14. The lowest BCUT2D eigenvalue weighted by molar-refractivity contribution is 0.0817. The van der Waals surface area contributed by atoms with E-state index in [2.05, 4.69) is 39.0 Å². The van der Waals surface area contributed by atoms with Crippen molar-refractivity contribution in [3.05, 3.63) is 34.9 Å². The Balaban J connectivity index is 2.86. The molecule has 0 aliphatic carbocycles. The van der Waals surface area contributed by atoms with Gasteiger partial charge in [0.2, 0.25) is 0 Å². The van der Waals surface area contributed by atoms with Crippen LogP contribution in [0.1, 0.15) is 42.4 Å². The van der Waals surface area contributed by atoms with Crippen molar-refractivity contribution in [2.45, 2.75) is 45.6 Å². The van der Waals surface area contributed by atoms with Crippen LogP contribution in [-0.4, -0.2) is 22.9 Å². The molecule has 0 heterocycles. The molecule has 2 atom stereocenters. The van der Waals surface area contributed by atoms with E-state index in [1.54, 1.807) is 0 Å². The maximum Gasteiger partial charge on any atom is 0.0776 e. The van der Waals surface area contributed by atoms with Gasteiger partial charge in [0.15, 0.2) is 0 Å². The third-order valence-electron chi connectivity index (χ3n) is 2.98. The maximum absolute atomic E-state index is 9.51. The van der Waals surface area contributed by atoms with Crippen molar-refractivity contribution in [3.63, 3.8) is 0 Å². The largest absolute Gasteiger partial charge is 0.394 e. The van der Waals surface area contributed by atoms with Crippen molar-refractivity contribution in [2.75, 3.05) is 6.61 Å². The molecule has 1 aromatic rings. The molecule has 0 aliphatic heterocycles. The monoisotopic (exact) mass is 222 g/mol. The number of hydrogen-bond donors (Lipinski definition) is 2. The fourth-order valence-electron chi connectivity index (χ4n) is 2.19. The van der Waals surface area contributed by atoms with Crippen LogP contribution < -0.4 is 0 Å². The molecule has 0 saturated carbocycles. The average Bonchev–Trinajstić information content (AvgIpc) is 2.24. The van der Waals surface area contributed by atoms with Crippen LogP contribution in [0.2, 0.25) is 0 Å². The second-order valence-corrected chi connectivity index (χ2v) is 4.60. The van der Waals surface area contributed by atoms with Gasteiger partial charge in [-0.05, 0) is 38.2 Å². The summed E-state index contributed by atoms with van der Waals surface area (Å²) >= 11 is 0. The fourth-order valence-corrected chi connectivity index (χ4v) is 2.19. The van der Waals surface area contributed by atoms with Crippen molar-refractivity contribution in [1.82, 2.24) is 0 Å². The molecule has 2 heteroatoms. The predicted octanol–water partition coefficient (Wildman–Crippen LogP) is 2.54. The van der Waals surface area contributed by atoms with Crippen LogP contribution in [0.5, 0.6) is 0 Å². The summed E-state index contributed by atoms with van der Waals surface area (Å²) in [6.45, 7) is 6.14. The van der Waals surface area contributed by atoms with Gasteiger partial charge in [-0.15, -0.1) is 0 Å². The first kappa shape index (κ1) is 13.2. The Hall–Kier alpha value is -0.860. The second kappa shape index (κ2) is 6.02. The summed E-state index contributed by atoms with van der Waals surface area (Å²) in [6.07, 6.45) is 1.02. The third kappa shape index (κ3) is 3.62. The molecule has 0 amide bonds. The molecular weight excluding hydrogens is 200 g/mol. The van der Waals surface area contributed by atoms with E-state index < -0.39 is 6.10 Å². The molecule has 0 fully saturated rings. The summed E-state index contributed by atoms with van der Waals surface area (Å²) in [5.74, 6) is 0.334. The van der Waals surface area contributed by atoms with Gasteiger partial charge >= 0.3 is 0 Å². The zero-order valence-electron chi connectivity index (χ0n) is 10.4. The molecule has 1 aromatic carbocycles. The standard InChI is InChI=1S/C14H22O2/c1-4-12(8-14(16)9-15)13-6-10(2)5-11(3)7-13/h5-7,12,14-16H,4,8-9H2,1-3H3. The SMILES string of the molecule is CCC(CC(O)CO)c1cc(C)cc(C)c1. The van der Waals surface area contributed by atoms with Crippen LogP contribution in [0.3, 0.4) is 0 Å². The lowest BCUT2D eigenvalue weighted by Crippen LogP contribution is -2.16. The van der Waals surface area contributed by atoms with Gasteiger partial charge in [-0.1, -0.05) is 36.2 Å². The highest BCUT2D eigenvalue weighted by atomic mass is 16.3. The molecule has 0 saturated heterocycles. The van der Waals surface area contributed by atoms with Crippen LogP contribution in [-0.2, 0) is 0 Å². The molecular formula is C14H22O2. The van der Waals surface area contributed by atoms with Gasteiger partial charge in [-0.3, -0.25) is 0 Å². The molecule has 2 unspecified atom stereocenters. The van der Waals surface area contributed by atoms with Gasteiger partial charge in [-0.2, -0.15) is 0 Å². The first-order valence-corrected chi connectivity index (χ1v) is 5.94. The number of aryl methyl sites for hydroxylation is 2. The zero-order valence-corrected chi connectivity index (χ0v) is 10.4. The molecule has 0 bridgehead atoms. The van der Waals surface area contributed by atoms with E-state index in [4.69, 9.17) is 5.11 Å². The quantitative estimate of drug-likeness (QED) is 0.803. The Labute approximate surface area is 97.9 Å². The van der Waals surface area contributed by atoms with E-state index >= 15 is 0 Å². The van der Waals surface area contributed by atoms with Crippen LogP contribution in [0.15, 0.2) is 18.2 Å². The summed E-state index contributed by atoms with van der Waals surface area (Å²) in [4.78, 5) is 0. The summed E-state index contributed by atoms with van der Waals surface area (Å²) < 4.78 is 0. The van der Waals surface area contributed by atoms with Crippen molar-refractivity contribution in [2.24, 2.45) is 0 Å². The summed E-state index contributed by atoms with van der Waals surface area (Å²) in [5.41, 5.74) is 3.78. The summed E-state index contributed by atoms with van der Waals surface area (Å²) in [6, 6.07) is 6.50. The van der Waals surface area contributed by atoms with Gasteiger partial charge in [-0.25, -0.2) is 0 Å². The van der Waals surface area contributed by atoms with Crippen molar-refractivity contribution in [1.29, 1.82) is 0 Å². The predicted molar refractivity (Wildman–Crippen MR) is 66.7 cm³/mol. The van der Waals surface area contributed by atoms with E-state index in [-0.39, 0.29) is 6.61 Å². The van der Waals surface area contributed by atoms with Crippen molar-refractivity contribution < 1.29 is 10.2 Å². The normalized spacial score (nSPS) is 14.8. The molecule has 0 spiro atoms. The summed E-state index contributed by atoms with van der Waals surface area (Å²) in [5, 5.41) is 18.4. The Morgan fingerprint density at radius 3 is 2.12 bits per heavy atom. The Kier molecular flexibility index (Phi) is 4.97. The van der Waals surface area contributed by atoms with Gasteiger partial charge in [0.25, 0.3) is 0 Å². The number of benzene rings is 1. The molecule has 2 N–H and O–H groups in total. The van der Waals surface area contributed by atoms with Gasteiger partial charge in [0.1, 0.15) is 0 Å². The Morgan fingerprint density at radius 1 is 1.12 bits per heavy atom. The number of hydrogen-bond acceptors (Lipinski definition) is 2. The maximum atomic E-state index is 9.51. The van der Waals surface area contributed by atoms with Crippen LogP contribution in [0.4, 0.5) is 0 Å².